The monoisotopic (exact) mass is 272 g/mol. The van der Waals surface area contributed by atoms with Crippen LogP contribution < -0.4 is 5.32 Å². The first-order valence-electron chi connectivity index (χ1n) is 6.01. The predicted octanol–water partition coefficient (Wildman–Crippen LogP) is 3.18. The van der Waals surface area contributed by atoms with Gasteiger partial charge >= 0.3 is 0 Å². The van der Waals surface area contributed by atoms with Gasteiger partial charge in [0.2, 0.25) is 0 Å². The lowest BCUT2D eigenvalue weighted by Crippen LogP contribution is -2.43. The van der Waals surface area contributed by atoms with Gasteiger partial charge in [-0.2, -0.15) is 0 Å². The topological polar surface area (TPSA) is 15.3 Å². The Morgan fingerprint density at radius 1 is 1.41 bits per heavy atom. The number of likely N-dealkylation sites (N-methyl/N-ethyl adjacent to an activating group) is 1. The average molecular weight is 273 g/mol. The first-order chi connectivity index (χ1) is 8.16. The molecule has 0 spiro atoms. The number of piperidine rings is 1. The number of hydrogen-bond acceptors (Lipinski definition) is 2. The average Bonchev–Trinajstić information content (AvgIpc) is 2.35. The summed E-state index contributed by atoms with van der Waals surface area (Å²) in [6.07, 6.45) is 2.50. The van der Waals surface area contributed by atoms with Gasteiger partial charge in [-0.05, 0) is 50.2 Å². The van der Waals surface area contributed by atoms with Gasteiger partial charge in [0, 0.05) is 29.2 Å². The highest BCUT2D eigenvalue weighted by atomic mass is 35.5. The Hall–Kier alpha value is -0.280. The van der Waals surface area contributed by atoms with Crippen molar-refractivity contribution in [1.29, 1.82) is 0 Å². The van der Waals surface area contributed by atoms with Crippen molar-refractivity contribution in [2.24, 2.45) is 0 Å². The minimum atomic E-state index is 0.596. The first kappa shape index (κ1) is 13.2. The SMILES string of the molecule is CN(Cc1cc(Cl)ccc1Cl)[C@@H]1CCCNC1. The molecular weight excluding hydrogens is 255 g/mol. The van der Waals surface area contributed by atoms with Gasteiger partial charge in [0.15, 0.2) is 0 Å². The minimum absolute atomic E-state index is 0.596. The summed E-state index contributed by atoms with van der Waals surface area (Å²) in [5.74, 6) is 0. The number of hydrogen-bond donors (Lipinski definition) is 1. The fourth-order valence-electron chi connectivity index (χ4n) is 2.27. The van der Waals surface area contributed by atoms with E-state index in [-0.39, 0.29) is 0 Å². The summed E-state index contributed by atoms with van der Waals surface area (Å²) in [6.45, 7) is 3.06. The van der Waals surface area contributed by atoms with Gasteiger partial charge in [0.25, 0.3) is 0 Å². The molecule has 1 aliphatic rings. The standard InChI is InChI=1S/C13H18Cl2N2/c1-17(12-3-2-6-16-8-12)9-10-7-11(14)4-5-13(10)15/h4-5,7,12,16H,2-3,6,8-9H2,1H3/t12-/m1/s1. The van der Waals surface area contributed by atoms with E-state index in [1.807, 2.05) is 18.2 Å². The van der Waals surface area contributed by atoms with Crippen LogP contribution in [0.5, 0.6) is 0 Å². The van der Waals surface area contributed by atoms with Crippen molar-refractivity contribution in [2.45, 2.75) is 25.4 Å². The van der Waals surface area contributed by atoms with Crippen molar-refractivity contribution in [3.63, 3.8) is 0 Å². The lowest BCUT2D eigenvalue weighted by Gasteiger charge is -2.31. The van der Waals surface area contributed by atoms with Crippen molar-refractivity contribution in [1.82, 2.24) is 10.2 Å². The third kappa shape index (κ3) is 3.59. The molecule has 1 aromatic rings. The molecule has 1 heterocycles. The zero-order chi connectivity index (χ0) is 12.3. The molecule has 0 unspecified atom stereocenters. The quantitative estimate of drug-likeness (QED) is 0.910. The number of benzene rings is 1. The number of halogens is 2. The van der Waals surface area contributed by atoms with E-state index in [9.17, 15) is 0 Å². The van der Waals surface area contributed by atoms with Crippen molar-refractivity contribution in [3.05, 3.63) is 33.8 Å². The van der Waals surface area contributed by atoms with Gasteiger partial charge in [0.05, 0.1) is 0 Å². The molecule has 1 atom stereocenters. The molecule has 2 nitrogen and oxygen atoms in total. The van der Waals surface area contributed by atoms with Gasteiger partial charge in [-0.25, -0.2) is 0 Å². The Kier molecular flexibility index (Phi) is 4.69. The lowest BCUT2D eigenvalue weighted by molar-refractivity contribution is 0.196. The number of rotatable bonds is 3. The van der Waals surface area contributed by atoms with E-state index in [0.29, 0.717) is 6.04 Å². The van der Waals surface area contributed by atoms with Gasteiger partial charge < -0.3 is 5.32 Å². The fourth-order valence-corrected chi connectivity index (χ4v) is 2.64. The second kappa shape index (κ2) is 6.05. The smallest absolute Gasteiger partial charge is 0.0452 e. The highest BCUT2D eigenvalue weighted by Gasteiger charge is 2.18. The van der Waals surface area contributed by atoms with Crippen LogP contribution in [0.25, 0.3) is 0 Å². The second-order valence-corrected chi connectivity index (χ2v) is 5.49. The number of nitrogens with zero attached hydrogens (tertiary/aromatic N) is 1. The summed E-state index contributed by atoms with van der Waals surface area (Å²) in [6, 6.07) is 6.25. The van der Waals surface area contributed by atoms with Crippen molar-refractivity contribution in [2.75, 3.05) is 20.1 Å². The Balaban J connectivity index is 2.01. The van der Waals surface area contributed by atoms with E-state index in [0.717, 1.165) is 35.2 Å². The normalized spacial score (nSPS) is 20.8. The van der Waals surface area contributed by atoms with Crippen molar-refractivity contribution in [3.8, 4) is 0 Å². The highest BCUT2D eigenvalue weighted by molar-refractivity contribution is 6.33. The maximum absolute atomic E-state index is 6.18. The molecule has 0 radical (unpaired) electrons. The van der Waals surface area contributed by atoms with Crippen LogP contribution in [0.2, 0.25) is 10.0 Å². The Morgan fingerprint density at radius 3 is 2.94 bits per heavy atom. The zero-order valence-corrected chi connectivity index (χ0v) is 11.6. The first-order valence-corrected chi connectivity index (χ1v) is 6.77. The third-order valence-corrected chi connectivity index (χ3v) is 3.93. The lowest BCUT2D eigenvalue weighted by atomic mass is 10.1. The molecule has 0 bridgehead atoms. The molecule has 1 saturated heterocycles. The molecule has 0 amide bonds. The summed E-state index contributed by atoms with van der Waals surface area (Å²) in [5, 5.41) is 4.97. The largest absolute Gasteiger partial charge is 0.315 e. The third-order valence-electron chi connectivity index (χ3n) is 3.32. The molecule has 1 N–H and O–H groups in total. The van der Waals surface area contributed by atoms with Crippen LogP contribution in [0.3, 0.4) is 0 Å². The molecule has 0 saturated carbocycles. The van der Waals surface area contributed by atoms with Crippen LogP contribution in [0, 0.1) is 0 Å². The summed E-state index contributed by atoms with van der Waals surface area (Å²) in [7, 11) is 2.15. The Morgan fingerprint density at radius 2 is 2.24 bits per heavy atom. The molecule has 1 fully saturated rings. The Labute approximate surface area is 113 Å². The van der Waals surface area contributed by atoms with Crippen LogP contribution in [-0.2, 0) is 6.54 Å². The molecule has 4 heteroatoms. The van der Waals surface area contributed by atoms with Gasteiger partial charge in [-0.3, -0.25) is 4.90 Å². The number of nitrogens with one attached hydrogen (secondary N) is 1. The molecule has 0 aromatic heterocycles. The fraction of sp³-hybridized carbons (Fsp3) is 0.538. The van der Waals surface area contributed by atoms with E-state index in [1.165, 1.54) is 12.8 Å². The summed E-state index contributed by atoms with van der Waals surface area (Å²) >= 11 is 12.2. The predicted molar refractivity (Wildman–Crippen MR) is 73.8 cm³/mol. The van der Waals surface area contributed by atoms with Crippen molar-refractivity contribution >= 4 is 23.2 Å². The summed E-state index contributed by atoms with van der Waals surface area (Å²) in [4.78, 5) is 2.35. The van der Waals surface area contributed by atoms with Crippen LogP contribution >= 0.6 is 23.2 Å². The molecule has 17 heavy (non-hydrogen) atoms. The maximum Gasteiger partial charge on any atom is 0.0452 e. The molecular formula is C13H18Cl2N2. The van der Waals surface area contributed by atoms with E-state index in [1.54, 1.807) is 0 Å². The molecule has 0 aliphatic carbocycles. The Bertz CT molecular complexity index is 376. The van der Waals surface area contributed by atoms with Crippen LogP contribution in [0.1, 0.15) is 18.4 Å². The van der Waals surface area contributed by atoms with Crippen LogP contribution in [0.4, 0.5) is 0 Å². The van der Waals surface area contributed by atoms with E-state index < -0.39 is 0 Å². The molecule has 94 valence electrons. The van der Waals surface area contributed by atoms with Gasteiger partial charge in [-0.1, -0.05) is 23.2 Å². The van der Waals surface area contributed by atoms with E-state index in [4.69, 9.17) is 23.2 Å². The molecule has 1 aliphatic heterocycles. The summed E-state index contributed by atoms with van der Waals surface area (Å²) < 4.78 is 0. The van der Waals surface area contributed by atoms with E-state index >= 15 is 0 Å². The maximum atomic E-state index is 6.18. The highest BCUT2D eigenvalue weighted by Crippen LogP contribution is 2.23. The van der Waals surface area contributed by atoms with Gasteiger partial charge in [-0.15, -0.1) is 0 Å². The second-order valence-electron chi connectivity index (χ2n) is 4.65. The molecule has 2 rings (SSSR count). The van der Waals surface area contributed by atoms with Crippen LogP contribution in [0.15, 0.2) is 18.2 Å². The van der Waals surface area contributed by atoms with E-state index in [2.05, 4.69) is 17.3 Å². The van der Waals surface area contributed by atoms with Gasteiger partial charge in [0.1, 0.15) is 0 Å². The van der Waals surface area contributed by atoms with Crippen LogP contribution in [-0.4, -0.2) is 31.1 Å². The van der Waals surface area contributed by atoms with Crippen molar-refractivity contribution < 1.29 is 0 Å². The zero-order valence-electron chi connectivity index (χ0n) is 10.0. The summed E-state index contributed by atoms with van der Waals surface area (Å²) in [5.41, 5.74) is 1.10. The molecule has 1 aromatic carbocycles. The minimum Gasteiger partial charge on any atom is -0.315 e.